The van der Waals surface area contributed by atoms with Crippen molar-refractivity contribution >= 4 is 5.91 Å². The van der Waals surface area contributed by atoms with Gasteiger partial charge in [-0.1, -0.05) is 0 Å². The third-order valence-corrected chi connectivity index (χ3v) is 4.83. The predicted molar refractivity (Wildman–Crippen MR) is 97.8 cm³/mol. The lowest BCUT2D eigenvalue weighted by molar-refractivity contribution is 0.0785. The van der Waals surface area contributed by atoms with E-state index >= 15 is 0 Å². The first kappa shape index (κ1) is 16.5. The smallest absolute Gasteiger partial charge is 0.274 e. The average molecular weight is 350 g/mol. The Labute approximate surface area is 152 Å². The van der Waals surface area contributed by atoms with E-state index in [1.165, 1.54) is 0 Å². The van der Waals surface area contributed by atoms with Gasteiger partial charge in [0.15, 0.2) is 0 Å². The highest BCUT2D eigenvalue weighted by Gasteiger charge is 2.30. The summed E-state index contributed by atoms with van der Waals surface area (Å²) in [5, 5.41) is 11.2. The SMILES string of the molecule is Cc1cc(-c2cnn(C)c2)cc(C2CCN(C(=O)c3cc(C)[nH]n3)C2)n1. The third-order valence-electron chi connectivity index (χ3n) is 4.83. The predicted octanol–water partition coefficient (Wildman–Crippen LogP) is 2.45. The first-order valence-corrected chi connectivity index (χ1v) is 8.78. The van der Waals surface area contributed by atoms with E-state index in [0.29, 0.717) is 12.2 Å². The molecule has 1 fully saturated rings. The fraction of sp³-hybridized carbons (Fsp3) is 0.368. The number of hydrogen-bond donors (Lipinski definition) is 1. The van der Waals surface area contributed by atoms with Crippen molar-refractivity contribution < 1.29 is 4.79 Å². The Bertz CT molecular complexity index is 957. The lowest BCUT2D eigenvalue weighted by Gasteiger charge is -2.15. The van der Waals surface area contributed by atoms with Crippen LogP contribution in [0.2, 0.25) is 0 Å². The number of aromatic amines is 1. The normalized spacial score (nSPS) is 17.0. The number of likely N-dealkylation sites (tertiary alicyclic amines) is 1. The lowest BCUT2D eigenvalue weighted by atomic mass is 10.00. The Morgan fingerprint density at radius 2 is 2.08 bits per heavy atom. The van der Waals surface area contributed by atoms with E-state index < -0.39 is 0 Å². The molecule has 1 amide bonds. The van der Waals surface area contributed by atoms with Gasteiger partial charge in [0.2, 0.25) is 0 Å². The van der Waals surface area contributed by atoms with Crippen LogP contribution in [0.4, 0.5) is 0 Å². The van der Waals surface area contributed by atoms with Crippen LogP contribution in [0.15, 0.2) is 30.6 Å². The van der Waals surface area contributed by atoms with Crippen molar-refractivity contribution in [1.82, 2.24) is 29.9 Å². The first-order valence-electron chi connectivity index (χ1n) is 8.78. The van der Waals surface area contributed by atoms with Gasteiger partial charge in [0.1, 0.15) is 5.69 Å². The molecule has 1 unspecified atom stereocenters. The van der Waals surface area contributed by atoms with Crippen molar-refractivity contribution in [3.05, 3.63) is 53.4 Å². The molecule has 0 bridgehead atoms. The van der Waals surface area contributed by atoms with Crippen LogP contribution >= 0.6 is 0 Å². The van der Waals surface area contributed by atoms with Crippen molar-refractivity contribution in [3.8, 4) is 11.1 Å². The fourth-order valence-electron chi connectivity index (χ4n) is 3.52. The summed E-state index contributed by atoms with van der Waals surface area (Å²) < 4.78 is 1.80. The van der Waals surface area contributed by atoms with E-state index in [1.54, 1.807) is 10.7 Å². The Hall–Kier alpha value is -2.96. The van der Waals surface area contributed by atoms with Gasteiger partial charge in [-0.25, -0.2) is 0 Å². The van der Waals surface area contributed by atoms with Crippen molar-refractivity contribution in [1.29, 1.82) is 0 Å². The molecule has 0 radical (unpaired) electrons. The van der Waals surface area contributed by atoms with Gasteiger partial charge in [0.25, 0.3) is 5.91 Å². The minimum Gasteiger partial charge on any atom is -0.337 e. The van der Waals surface area contributed by atoms with Gasteiger partial charge >= 0.3 is 0 Å². The van der Waals surface area contributed by atoms with Crippen LogP contribution in [-0.2, 0) is 7.05 Å². The summed E-state index contributed by atoms with van der Waals surface area (Å²) in [5.74, 6) is 0.228. The molecule has 26 heavy (non-hydrogen) atoms. The maximum Gasteiger partial charge on any atom is 0.274 e. The van der Waals surface area contributed by atoms with Gasteiger partial charge < -0.3 is 4.90 Å². The van der Waals surface area contributed by atoms with E-state index in [1.807, 2.05) is 38.2 Å². The number of aryl methyl sites for hydroxylation is 3. The zero-order valence-corrected chi connectivity index (χ0v) is 15.2. The fourth-order valence-corrected chi connectivity index (χ4v) is 3.52. The molecule has 3 aromatic rings. The van der Waals surface area contributed by atoms with Gasteiger partial charge in [-0.2, -0.15) is 10.2 Å². The molecule has 4 rings (SSSR count). The molecule has 7 heteroatoms. The average Bonchev–Trinajstić information content (AvgIpc) is 3.34. The number of carbonyl (C=O) groups excluding carboxylic acids is 1. The maximum atomic E-state index is 12.6. The van der Waals surface area contributed by atoms with Crippen molar-refractivity contribution in [2.24, 2.45) is 7.05 Å². The van der Waals surface area contributed by atoms with E-state index in [-0.39, 0.29) is 11.8 Å². The molecule has 1 atom stereocenters. The second-order valence-electron chi connectivity index (χ2n) is 7.00. The van der Waals surface area contributed by atoms with Crippen LogP contribution in [0.5, 0.6) is 0 Å². The Kier molecular flexibility index (Phi) is 4.06. The molecule has 1 aliphatic heterocycles. The van der Waals surface area contributed by atoms with Gasteiger partial charge in [0.05, 0.1) is 6.20 Å². The molecule has 3 aromatic heterocycles. The van der Waals surface area contributed by atoms with Crippen LogP contribution in [0.25, 0.3) is 11.1 Å². The van der Waals surface area contributed by atoms with Crippen LogP contribution in [0.3, 0.4) is 0 Å². The number of nitrogens with zero attached hydrogens (tertiary/aromatic N) is 5. The van der Waals surface area contributed by atoms with Crippen LogP contribution in [-0.4, -0.2) is 48.9 Å². The summed E-state index contributed by atoms with van der Waals surface area (Å²) in [5.41, 5.74) is 5.60. The topological polar surface area (TPSA) is 79.7 Å². The molecule has 0 aliphatic carbocycles. The maximum absolute atomic E-state index is 12.6. The summed E-state index contributed by atoms with van der Waals surface area (Å²) in [6, 6.07) is 5.99. The number of carbonyl (C=O) groups is 1. The summed E-state index contributed by atoms with van der Waals surface area (Å²) >= 11 is 0. The van der Waals surface area contributed by atoms with E-state index in [0.717, 1.165) is 41.2 Å². The molecule has 1 N–H and O–H groups in total. The van der Waals surface area contributed by atoms with E-state index in [9.17, 15) is 4.79 Å². The highest BCUT2D eigenvalue weighted by atomic mass is 16.2. The zero-order valence-electron chi connectivity index (χ0n) is 15.2. The first-order chi connectivity index (χ1) is 12.5. The monoisotopic (exact) mass is 350 g/mol. The standard InChI is InChI=1S/C19H22N6O/c1-12-6-15(16-9-20-24(3)10-16)8-17(21-12)14-4-5-25(11-14)19(26)18-7-13(2)22-23-18/h6-10,14H,4-5,11H2,1-3H3,(H,22,23). The Balaban J connectivity index is 1.55. The minimum absolute atomic E-state index is 0.0167. The highest BCUT2D eigenvalue weighted by molar-refractivity contribution is 5.92. The zero-order chi connectivity index (χ0) is 18.3. The van der Waals surface area contributed by atoms with Crippen LogP contribution in [0.1, 0.15) is 39.9 Å². The van der Waals surface area contributed by atoms with E-state index in [4.69, 9.17) is 4.98 Å². The Morgan fingerprint density at radius 3 is 2.77 bits per heavy atom. The van der Waals surface area contributed by atoms with E-state index in [2.05, 4.69) is 27.4 Å². The molecule has 0 aromatic carbocycles. The third kappa shape index (κ3) is 3.12. The molecule has 0 saturated carbocycles. The molecule has 1 aliphatic rings. The van der Waals surface area contributed by atoms with Crippen molar-refractivity contribution in [3.63, 3.8) is 0 Å². The molecular formula is C19H22N6O. The quantitative estimate of drug-likeness (QED) is 0.787. The van der Waals surface area contributed by atoms with Crippen molar-refractivity contribution in [2.75, 3.05) is 13.1 Å². The van der Waals surface area contributed by atoms with Crippen molar-refractivity contribution in [2.45, 2.75) is 26.2 Å². The summed E-state index contributed by atoms with van der Waals surface area (Å²) in [4.78, 5) is 19.2. The summed E-state index contributed by atoms with van der Waals surface area (Å²) in [6.07, 6.45) is 4.78. The Morgan fingerprint density at radius 1 is 1.23 bits per heavy atom. The summed E-state index contributed by atoms with van der Waals surface area (Å²) in [7, 11) is 1.91. The number of rotatable bonds is 3. The van der Waals surface area contributed by atoms with Gasteiger partial charge in [0, 0.05) is 54.9 Å². The second kappa shape index (κ2) is 6.40. The number of hydrogen-bond acceptors (Lipinski definition) is 4. The number of H-pyrrole nitrogens is 1. The molecule has 1 saturated heterocycles. The second-order valence-corrected chi connectivity index (χ2v) is 7.00. The molecular weight excluding hydrogens is 328 g/mol. The summed E-state index contributed by atoms with van der Waals surface area (Å²) in [6.45, 7) is 5.31. The van der Waals surface area contributed by atoms with Gasteiger partial charge in [-0.05, 0) is 44.0 Å². The molecule has 7 nitrogen and oxygen atoms in total. The number of amides is 1. The van der Waals surface area contributed by atoms with Crippen LogP contribution < -0.4 is 0 Å². The van der Waals surface area contributed by atoms with Gasteiger partial charge in [-0.3, -0.25) is 19.6 Å². The minimum atomic E-state index is -0.0167. The molecule has 4 heterocycles. The number of pyridine rings is 1. The van der Waals surface area contributed by atoms with Crippen LogP contribution in [0, 0.1) is 13.8 Å². The number of aromatic nitrogens is 5. The number of nitrogens with one attached hydrogen (secondary N) is 1. The highest BCUT2D eigenvalue weighted by Crippen LogP contribution is 2.30. The molecule has 0 spiro atoms. The molecule has 134 valence electrons. The largest absolute Gasteiger partial charge is 0.337 e. The lowest BCUT2D eigenvalue weighted by Crippen LogP contribution is -2.28. The van der Waals surface area contributed by atoms with Gasteiger partial charge in [-0.15, -0.1) is 0 Å².